The molecule has 0 radical (unpaired) electrons. The Labute approximate surface area is 125 Å². The highest BCUT2D eigenvalue weighted by molar-refractivity contribution is 7.89. The van der Waals surface area contributed by atoms with E-state index in [2.05, 4.69) is 0 Å². The molecule has 0 fully saturated rings. The van der Waals surface area contributed by atoms with Crippen molar-refractivity contribution in [3.8, 4) is 11.5 Å². The number of anilines is 1. The van der Waals surface area contributed by atoms with Gasteiger partial charge in [0, 0.05) is 19.8 Å². The van der Waals surface area contributed by atoms with Crippen LogP contribution in [-0.2, 0) is 10.0 Å². The molecule has 0 aliphatic heterocycles. The van der Waals surface area contributed by atoms with Gasteiger partial charge in [0.05, 0.1) is 4.90 Å². The first-order valence-electron chi connectivity index (χ1n) is 6.37. The Morgan fingerprint density at radius 3 is 2.19 bits per heavy atom. The summed E-state index contributed by atoms with van der Waals surface area (Å²) < 4.78 is 30.8. The fraction of sp³-hybridized carbons (Fsp3) is 0.200. The normalized spacial score (nSPS) is 11.6. The molecule has 6 heteroatoms. The summed E-state index contributed by atoms with van der Waals surface area (Å²) in [6, 6.07) is 11.7. The van der Waals surface area contributed by atoms with E-state index in [9.17, 15) is 8.42 Å². The van der Waals surface area contributed by atoms with Crippen LogP contribution in [0.3, 0.4) is 0 Å². The zero-order valence-electron chi connectivity index (χ0n) is 12.2. The van der Waals surface area contributed by atoms with Crippen LogP contribution in [0.4, 0.5) is 5.69 Å². The molecule has 2 rings (SSSR count). The lowest BCUT2D eigenvalue weighted by molar-refractivity contribution is 0.478. The van der Waals surface area contributed by atoms with Crippen molar-refractivity contribution < 1.29 is 13.2 Å². The van der Waals surface area contributed by atoms with Crippen LogP contribution in [0.2, 0.25) is 0 Å². The third-order valence-corrected chi connectivity index (χ3v) is 4.86. The summed E-state index contributed by atoms with van der Waals surface area (Å²) in [7, 11) is -0.424. The Kier molecular flexibility index (Phi) is 4.20. The second kappa shape index (κ2) is 5.75. The quantitative estimate of drug-likeness (QED) is 0.881. The van der Waals surface area contributed by atoms with Gasteiger partial charge >= 0.3 is 0 Å². The van der Waals surface area contributed by atoms with E-state index >= 15 is 0 Å². The number of nitrogens with zero attached hydrogens (tertiary/aromatic N) is 1. The van der Waals surface area contributed by atoms with Crippen molar-refractivity contribution in [3.63, 3.8) is 0 Å². The molecule has 5 nitrogen and oxygen atoms in total. The summed E-state index contributed by atoms with van der Waals surface area (Å²) in [6.45, 7) is 1.90. The van der Waals surface area contributed by atoms with Gasteiger partial charge in [0.25, 0.3) is 0 Å². The minimum atomic E-state index is -3.42. The van der Waals surface area contributed by atoms with Gasteiger partial charge in [-0.3, -0.25) is 0 Å². The lowest BCUT2D eigenvalue weighted by Gasteiger charge is -2.12. The summed E-state index contributed by atoms with van der Waals surface area (Å²) >= 11 is 0. The van der Waals surface area contributed by atoms with Crippen molar-refractivity contribution in [2.24, 2.45) is 0 Å². The Morgan fingerprint density at radius 2 is 1.67 bits per heavy atom. The second-order valence-electron chi connectivity index (χ2n) is 4.89. The average Bonchev–Trinajstić information content (AvgIpc) is 2.42. The van der Waals surface area contributed by atoms with E-state index in [1.165, 1.54) is 30.5 Å². The van der Waals surface area contributed by atoms with Crippen LogP contribution in [0, 0.1) is 6.92 Å². The number of benzene rings is 2. The van der Waals surface area contributed by atoms with Gasteiger partial charge in [-0.05, 0) is 55.0 Å². The summed E-state index contributed by atoms with van der Waals surface area (Å²) in [5, 5.41) is 0. The van der Waals surface area contributed by atoms with Crippen LogP contribution in [0.5, 0.6) is 11.5 Å². The van der Waals surface area contributed by atoms with Gasteiger partial charge in [-0.15, -0.1) is 0 Å². The predicted molar refractivity (Wildman–Crippen MR) is 83.0 cm³/mol. The van der Waals surface area contributed by atoms with Gasteiger partial charge in [0.1, 0.15) is 11.5 Å². The predicted octanol–water partition coefficient (Wildman–Crippen LogP) is 2.62. The van der Waals surface area contributed by atoms with Crippen LogP contribution in [0.15, 0.2) is 47.4 Å². The lowest BCUT2D eigenvalue weighted by atomic mass is 10.2. The van der Waals surface area contributed by atoms with Crippen LogP contribution in [0.25, 0.3) is 0 Å². The lowest BCUT2D eigenvalue weighted by Crippen LogP contribution is -2.22. The zero-order valence-corrected chi connectivity index (χ0v) is 13.0. The maximum Gasteiger partial charge on any atom is 0.242 e. The number of hydrogen-bond donors (Lipinski definition) is 1. The van der Waals surface area contributed by atoms with Crippen molar-refractivity contribution >= 4 is 15.7 Å². The van der Waals surface area contributed by atoms with Crippen molar-refractivity contribution in [3.05, 3.63) is 48.0 Å². The summed E-state index contributed by atoms with van der Waals surface area (Å²) in [4.78, 5) is 0.230. The van der Waals surface area contributed by atoms with E-state index in [0.717, 1.165) is 5.56 Å². The molecule has 21 heavy (non-hydrogen) atoms. The minimum absolute atomic E-state index is 0.230. The molecule has 112 valence electrons. The fourth-order valence-corrected chi connectivity index (χ4v) is 2.71. The molecule has 0 heterocycles. The van der Waals surface area contributed by atoms with E-state index < -0.39 is 10.0 Å². The molecule has 0 spiro atoms. The highest BCUT2D eigenvalue weighted by Crippen LogP contribution is 2.27. The molecule has 0 amide bonds. The number of hydrogen-bond acceptors (Lipinski definition) is 4. The number of ether oxygens (including phenoxy) is 1. The Hall–Kier alpha value is -2.05. The van der Waals surface area contributed by atoms with Gasteiger partial charge in [0.2, 0.25) is 10.0 Å². The molecular formula is C15H18N2O3S. The molecule has 0 atom stereocenters. The molecule has 0 bridgehead atoms. The molecule has 2 N–H and O–H groups in total. The van der Waals surface area contributed by atoms with Crippen LogP contribution in [-0.4, -0.2) is 26.8 Å². The maximum atomic E-state index is 12.0. The topological polar surface area (TPSA) is 72.6 Å². The third kappa shape index (κ3) is 3.34. The largest absolute Gasteiger partial charge is 0.457 e. The van der Waals surface area contributed by atoms with Gasteiger partial charge < -0.3 is 10.5 Å². The Balaban J connectivity index is 2.24. The van der Waals surface area contributed by atoms with E-state index in [-0.39, 0.29) is 4.90 Å². The number of aryl methyl sites for hydroxylation is 1. The molecule has 2 aromatic carbocycles. The van der Waals surface area contributed by atoms with E-state index in [0.29, 0.717) is 17.2 Å². The minimum Gasteiger partial charge on any atom is -0.457 e. The Morgan fingerprint density at radius 1 is 1.05 bits per heavy atom. The number of sulfonamides is 1. The highest BCUT2D eigenvalue weighted by atomic mass is 32.2. The first-order chi connectivity index (χ1) is 9.80. The molecular weight excluding hydrogens is 288 g/mol. The molecule has 0 aliphatic rings. The Bertz CT molecular complexity index is 738. The summed E-state index contributed by atoms with van der Waals surface area (Å²) in [6.07, 6.45) is 0. The molecule has 0 saturated heterocycles. The molecule has 0 saturated carbocycles. The second-order valence-corrected chi connectivity index (χ2v) is 7.04. The SMILES string of the molecule is Cc1cc(N)ccc1Oc1ccc(S(=O)(=O)N(C)C)cc1. The van der Waals surface area contributed by atoms with E-state index in [1.807, 2.05) is 13.0 Å². The van der Waals surface area contributed by atoms with Gasteiger partial charge in [0.15, 0.2) is 0 Å². The van der Waals surface area contributed by atoms with Crippen molar-refractivity contribution in [1.82, 2.24) is 4.31 Å². The standard InChI is InChI=1S/C15H18N2O3S/c1-11-10-12(16)4-9-15(11)20-13-5-7-14(8-6-13)21(18,19)17(2)3/h4-10H,16H2,1-3H3. The van der Waals surface area contributed by atoms with E-state index in [1.54, 1.807) is 24.3 Å². The molecule has 0 aliphatic carbocycles. The average molecular weight is 306 g/mol. The van der Waals surface area contributed by atoms with Crippen molar-refractivity contribution in [1.29, 1.82) is 0 Å². The van der Waals surface area contributed by atoms with Gasteiger partial charge in [-0.25, -0.2) is 12.7 Å². The maximum absolute atomic E-state index is 12.0. The highest BCUT2D eigenvalue weighted by Gasteiger charge is 2.16. The van der Waals surface area contributed by atoms with E-state index in [4.69, 9.17) is 10.5 Å². The van der Waals surface area contributed by atoms with Crippen LogP contribution < -0.4 is 10.5 Å². The molecule has 2 aromatic rings. The smallest absolute Gasteiger partial charge is 0.242 e. The van der Waals surface area contributed by atoms with Gasteiger partial charge in [-0.2, -0.15) is 0 Å². The molecule has 0 aromatic heterocycles. The zero-order chi connectivity index (χ0) is 15.6. The molecule has 0 unspecified atom stereocenters. The monoisotopic (exact) mass is 306 g/mol. The fourth-order valence-electron chi connectivity index (χ4n) is 1.80. The first-order valence-corrected chi connectivity index (χ1v) is 7.81. The number of nitrogens with two attached hydrogens (primary N) is 1. The van der Waals surface area contributed by atoms with Crippen LogP contribution >= 0.6 is 0 Å². The summed E-state index contributed by atoms with van der Waals surface area (Å²) in [5.74, 6) is 1.26. The van der Waals surface area contributed by atoms with Crippen molar-refractivity contribution in [2.75, 3.05) is 19.8 Å². The summed E-state index contributed by atoms with van der Waals surface area (Å²) in [5.41, 5.74) is 7.28. The number of rotatable bonds is 4. The first kappa shape index (κ1) is 15.3. The van der Waals surface area contributed by atoms with Gasteiger partial charge in [-0.1, -0.05) is 0 Å². The third-order valence-electron chi connectivity index (χ3n) is 3.03. The van der Waals surface area contributed by atoms with Crippen molar-refractivity contribution in [2.45, 2.75) is 11.8 Å². The number of nitrogen functional groups attached to an aromatic ring is 1. The van der Waals surface area contributed by atoms with Crippen LogP contribution in [0.1, 0.15) is 5.56 Å².